The Morgan fingerprint density at radius 3 is 2.50 bits per heavy atom. The Bertz CT molecular complexity index is 343. The van der Waals surface area contributed by atoms with Crippen molar-refractivity contribution in [1.29, 1.82) is 0 Å². The molecule has 0 spiro atoms. The Kier molecular flexibility index (Phi) is 3.37. The van der Waals surface area contributed by atoms with E-state index >= 15 is 0 Å². The van der Waals surface area contributed by atoms with E-state index in [2.05, 4.69) is 45.0 Å². The minimum Gasteiger partial charge on any atom is -0.0620 e. The number of hydrogen-bond donors (Lipinski definition) is 0. The first-order valence-electron chi connectivity index (χ1n) is 6.67. The summed E-state index contributed by atoms with van der Waals surface area (Å²) in [5.74, 6) is 0.740. The van der Waals surface area contributed by atoms with E-state index < -0.39 is 0 Å². The summed E-state index contributed by atoms with van der Waals surface area (Å²) >= 11 is 0. The summed E-state index contributed by atoms with van der Waals surface area (Å²) in [6.45, 7) is 7.15. The standard InChI is InChI=1S/C16H24/c1-16(2,3)15-12-6-4-5-9-13-10-7-8-11-14(13)15/h7-8,10-11,15H,4-6,9,12H2,1-3H3. The molecule has 0 bridgehead atoms. The highest BCUT2D eigenvalue weighted by molar-refractivity contribution is 5.32. The zero-order chi connectivity index (χ0) is 11.6. The Balaban J connectivity index is 2.39. The van der Waals surface area contributed by atoms with Crippen LogP contribution in [0.5, 0.6) is 0 Å². The molecule has 2 rings (SSSR count). The highest BCUT2D eigenvalue weighted by atomic mass is 14.3. The van der Waals surface area contributed by atoms with Crippen LogP contribution >= 0.6 is 0 Å². The summed E-state index contributed by atoms with van der Waals surface area (Å²) in [7, 11) is 0. The molecule has 1 atom stereocenters. The van der Waals surface area contributed by atoms with Crippen molar-refractivity contribution in [3.05, 3.63) is 35.4 Å². The first-order chi connectivity index (χ1) is 7.59. The fraction of sp³-hybridized carbons (Fsp3) is 0.625. The zero-order valence-electron chi connectivity index (χ0n) is 10.9. The summed E-state index contributed by atoms with van der Waals surface area (Å²) in [4.78, 5) is 0. The maximum absolute atomic E-state index is 2.38. The van der Waals surface area contributed by atoms with Crippen LogP contribution in [0, 0.1) is 5.41 Å². The van der Waals surface area contributed by atoms with Gasteiger partial charge in [0.1, 0.15) is 0 Å². The quantitative estimate of drug-likeness (QED) is 0.576. The fourth-order valence-electron chi connectivity index (χ4n) is 3.00. The van der Waals surface area contributed by atoms with E-state index in [-0.39, 0.29) is 0 Å². The lowest BCUT2D eigenvalue weighted by Crippen LogP contribution is -2.21. The summed E-state index contributed by atoms with van der Waals surface area (Å²) in [6.07, 6.45) is 6.81. The Hall–Kier alpha value is -0.780. The van der Waals surface area contributed by atoms with Crippen molar-refractivity contribution >= 4 is 0 Å². The smallest absolute Gasteiger partial charge is 0.0111 e. The van der Waals surface area contributed by atoms with Crippen molar-refractivity contribution in [3.8, 4) is 0 Å². The van der Waals surface area contributed by atoms with Crippen molar-refractivity contribution < 1.29 is 0 Å². The van der Waals surface area contributed by atoms with E-state index in [0.717, 1.165) is 5.92 Å². The molecular weight excluding hydrogens is 192 g/mol. The van der Waals surface area contributed by atoms with Gasteiger partial charge in [-0.15, -0.1) is 0 Å². The van der Waals surface area contributed by atoms with E-state index in [1.807, 2.05) is 0 Å². The maximum atomic E-state index is 2.38. The van der Waals surface area contributed by atoms with Gasteiger partial charge < -0.3 is 0 Å². The van der Waals surface area contributed by atoms with Crippen LogP contribution in [0.15, 0.2) is 24.3 Å². The van der Waals surface area contributed by atoms with Crippen LogP contribution in [-0.4, -0.2) is 0 Å². The van der Waals surface area contributed by atoms with Crippen LogP contribution in [0.4, 0.5) is 0 Å². The van der Waals surface area contributed by atoms with Gasteiger partial charge in [-0.2, -0.15) is 0 Å². The van der Waals surface area contributed by atoms with E-state index in [1.165, 1.54) is 32.1 Å². The molecule has 1 aromatic rings. The Labute approximate surface area is 100 Å². The molecule has 0 saturated heterocycles. The average Bonchev–Trinajstić information content (AvgIpc) is 2.17. The molecule has 88 valence electrons. The third-order valence-corrected chi connectivity index (χ3v) is 3.91. The van der Waals surface area contributed by atoms with E-state index in [1.54, 1.807) is 11.1 Å². The van der Waals surface area contributed by atoms with E-state index in [0.29, 0.717) is 5.41 Å². The van der Waals surface area contributed by atoms with Gasteiger partial charge in [0, 0.05) is 0 Å². The first kappa shape index (κ1) is 11.7. The molecule has 0 saturated carbocycles. The van der Waals surface area contributed by atoms with Crippen molar-refractivity contribution in [3.63, 3.8) is 0 Å². The molecule has 1 aromatic carbocycles. The second kappa shape index (κ2) is 4.61. The molecule has 0 amide bonds. The number of aryl methyl sites for hydroxylation is 1. The second-order valence-electron chi connectivity index (χ2n) is 6.22. The molecule has 1 aliphatic rings. The fourth-order valence-corrected chi connectivity index (χ4v) is 3.00. The van der Waals surface area contributed by atoms with Crippen LogP contribution in [0.25, 0.3) is 0 Å². The summed E-state index contributed by atoms with van der Waals surface area (Å²) in [6, 6.07) is 9.09. The molecule has 1 unspecified atom stereocenters. The third kappa shape index (κ3) is 2.48. The minimum absolute atomic E-state index is 0.396. The topological polar surface area (TPSA) is 0 Å². The van der Waals surface area contributed by atoms with Gasteiger partial charge in [-0.1, -0.05) is 57.9 Å². The lowest BCUT2D eigenvalue weighted by atomic mass is 9.71. The second-order valence-corrected chi connectivity index (χ2v) is 6.22. The van der Waals surface area contributed by atoms with Gasteiger partial charge in [0.15, 0.2) is 0 Å². The van der Waals surface area contributed by atoms with Crippen molar-refractivity contribution in [1.82, 2.24) is 0 Å². The van der Waals surface area contributed by atoms with E-state index in [4.69, 9.17) is 0 Å². The van der Waals surface area contributed by atoms with Crippen LogP contribution in [0.3, 0.4) is 0 Å². The average molecular weight is 216 g/mol. The molecule has 1 aliphatic carbocycles. The predicted octanol–water partition coefficient (Wildman–Crippen LogP) is 4.93. The molecule has 0 heteroatoms. The predicted molar refractivity (Wildman–Crippen MR) is 70.8 cm³/mol. The first-order valence-corrected chi connectivity index (χ1v) is 6.67. The Morgan fingerprint density at radius 2 is 1.75 bits per heavy atom. The molecule has 0 aliphatic heterocycles. The van der Waals surface area contributed by atoms with Gasteiger partial charge in [0.05, 0.1) is 0 Å². The van der Waals surface area contributed by atoms with E-state index in [9.17, 15) is 0 Å². The monoisotopic (exact) mass is 216 g/mol. The van der Waals surface area contributed by atoms with Gasteiger partial charge in [-0.3, -0.25) is 0 Å². The molecule has 0 radical (unpaired) electrons. The van der Waals surface area contributed by atoms with Crippen LogP contribution in [0.1, 0.15) is 63.5 Å². The zero-order valence-corrected chi connectivity index (χ0v) is 10.9. The van der Waals surface area contributed by atoms with Crippen LogP contribution < -0.4 is 0 Å². The van der Waals surface area contributed by atoms with Gasteiger partial charge in [-0.25, -0.2) is 0 Å². The molecular formula is C16H24. The highest BCUT2D eigenvalue weighted by Gasteiger charge is 2.28. The molecule has 0 aromatic heterocycles. The number of benzene rings is 1. The summed E-state index contributed by atoms with van der Waals surface area (Å²) in [5.41, 5.74) is 3.62. The molecule has 0 nitrogen and oxygen atoms in total. The largest absolute Gasteiger partial charge is 0.0620 e. The highest BCUT2D eigenvalue weighted by Crippen LogP contribution is 2.41. The lowest BCUT2D eigenvalue weighted by molar-refractivity contribution is 0.292. The number of fused-ring (bicyclic) bond motifs is 1. The minimum atomic E-state index is 0.396. The lowest BCUT2D eigenvalue weighted by Gasteiger charge is -2.34. The molecule has 16 heavy (non-hydrogen) atoms. The number of hydrogen-bond acceptors (Lipinski definition) is 0. The molecule has 0 heterocycles. The molecule has 0 fully saturated rings. The van der Waals surface area contributed by atoms with Gasteiger partial charge in [0.2, 0.25) is 0 Å². The maximum Gasteiger partial charge on any atom is -0.0111 e. The van der Waals surface area contributed by atoms with Crippen molar-refractivity contribution in [2.45, 2.75) is 58.8 Å². The summed E-state index contributed by atoms with van der Waals surface area (Å²) < 4.78 is 0. The van der Waals surface area contributed by atoms with Gasteiger partial charge in [0.25, 0.3) is 0 Å². The molecule has 0 N–H and O–H groups in total. The summed E-state index contributed by atoms with van der Waals surface area (Å²) in [5, 5.41) is 0. The number of rotatable bonds is 0. The Morgan fingerprint density at radius 1 is 1.00 bits per heavy atom. The van der Waals surface area contributed by atoms with Gasteiger partial charge >= 0.3 is 0 Å². The third-order valence-electron chi connectivity index (χ3n) is 3.91. The SMILES string of the molecule is CC(C)(C)C1CCCCCc2ccccc21. The normalized spacial score (nSPS) is 22.1. The van der Waals surface area contributed by atoms with Crippen LogP contribution in [0.2, 0.25) is 0 Å². The van der Waals surface area contributed by atoms with Crippen molar-refractivity contribution in [2.24, 2.45) is 5.41 Å². The van der Waals surface area contributed by atoms with Crippen molar-refractivity contribution in [2.75, 3.05) is 0 Å². The van der Waals surface area contributed by atoms with Crippen LogP contribution in [-0.2, 0) is 6.42 Å². The van der Waals surface area contributed by atoms with Gasteiger partial charge in [-0.05, 0) is 41.7 Å².